The molecule has 4 heteroatoms. The van der Waals surface area contributed by atoms with E-state index in [4.69, 9.17) is 9.72 Å². The quantitative estimate of drug-likeness (QED) is 0.915. The van der Waals surface area contributed by atoms with Gasteiger partial charge in [-0.2, -0.15) is 0 Å². The number of fused-ring (bicyclic) bond motifs is 1. The Hall–Kier alpha value is -1.10. The van der Waals surface area contributed by atoms with Crippen molar-refractivity contribution >= 4 is 22.7 Å². The van der Waals surface area contributed by atoms with E-state index in [9.17, 15) is 0 Å². The number of pyridine rings is 1. The highest BCUT2D eigenvalue weighted by Crippen LogP contribution is 2.34. The zero-order chi connectivity index (χ0) is 14.7. The second-order valence-corrected chi connectivity index (χ2v) is 6.67. The Bertz CT molecular complexity index is 617. The fraction of sp³-hybridized carbons (Fsp3) is 0.471. The first-order valence-electron chi connectivity index (χ1n) is 7.65. The third kappa shape index (κ3) is 3.39. The molecule has 1 N–H and O–H groups in total. The summed E-state index contributed by atoms with van der Waals surface area (Å²) in [6.07, 6.45) is 1.43. The van der Waals surface area contributed by atoms with E-state index in [0.717, 1.165) is 36.7 Å². The van der Waals surface area contributed by atoms with Gasteiger partial charge >= 0.3 is 0 Å². The maximum atomic E-state index is 5.68. The van der Waals surface area contributed by atoms with E-state index in [-0.39, 0.29) is 0 Å². The molecule has 2 heterocycles. The van der Waals surface area contributed by atoms with Crippen molar-refractivity contribution in [1.82, 2.24) is 10.3 Å². The molecule has 1 fully saturated rings. The molecule has 0 radical (unpaired) electrons. The summed E-state index contributed by atoms with van der Waals surface area (Å²) in [6.45, 7) is 7.01. The molecular weight excluding hydrogens is 280 g/mol. The lowest BCUT2D eigenvalue weighted by molar-refractivity contribution is 0.127. The standard InChI is InChI=1S/C17H22N2OS/c1-3-18-11-14-10-13-6-4-5-7-15(13)19-17(14)21-16-8-9-20-12(16)2/h4-7,10,12,16,18H,3,8-9,11H2,1-2H3. The summed E-state index contributed by atoms with van der Waals surface area (Å²) < 4.78 is 5.68. The van der Waals surface area contributed by atoms with E-state index in [1.807, 2.05) is 11.8 Å². The van der Waals surface area contributed by atoms with Crippen LogP contribution < -0.4 is 5.32 Å². The molecule has 2 aromatic rings. The summed E-state index contributed by atoms with van der Waals surface area (Å²) >= 11 is 1.88. The summed E-state index contributed by atoms with van der Waals surface area (Å²) in [6, 6.07) is 10.6. The Morgan fingerprint density at radius 3 is 3.00 bits per heavy atom. The molecule has 3 rings (SSSR count). The van der Waals surface area contributed by atoms with Gasteiger partial charge in [-0.25, -0.2) is 4.98 Å². The molecule has 1 aliphatic heterocycles. The maximum absolute atomic E-state index is 5.68. The lowest BCUT2D eigenvalue weighted by atomic mass is 10.1. The van der Waals surface area contributed by atoms with Gasteiger partial charge in [0.05, 0.1) is 11.6 Å². The first kappa shape index (κ1) is 14.8. The number of rotatable bonds is 5. The molecule has 112 valence electrons. The van der Waals surface area contributed by atoms with Crippen molar-refractivity contribution < 1.29 is 4.74 Å². The normalized spacial score (nSPS) is 22.0. The Labute approximate surface area is 130 Å². The van der Waals surface area contributed by atoms with Crippen LogP contribution in [0.15, 0.2) is 35.4 Å². The number of thioether (sulfide) groups is 1. The van der Waals surface area contributed by atoms with E-state index in [0.29, 0.717) is 11.4 Å². The van der Waals surface area contributed by atoms with E-state index in [1.54, 1.807) is 0 Å². The molecular formula is C17H22N2OS. The van der Waals surface area contributed by atoms with Crippen molar-refractivity contribution in [3.05, 3.63) is 35.9 Å². The first-order chi connectivity index (χ1) is 10.3. The molecule has 21 heavy (non-hydrogen) atoms. The van der Waals surface area contributed by atoms with Crippen molar-refractivity contribution in [2.24, 2.45) is 0 Å². The van der Waals surface area contributed by atoms with Gasteiger partial charge in [0, 0.05) is 23.8 Å². The topological polar surface area (TPSA) is 34.2 Å². The zero-order valence-electron chi connectivity index (χ0n) is 12.6. The molecule has 1 saturated heterocycles. The fourth-order valence-corrected chi connectivity index (χ4v) is 3.85. The monoisotopic (exact) mass is 302 g/mol. The number of para-hydroxylation sites is 1. The number of nitrogens with one attached hydrogen (secondary N) is 1. The van der Waals surface area contributed by atoms with Gasteiger partial charge in [-0.1, -0.05) is 36.9 Å². The number of hydrogen-bond donors (Lipinski definition) is 1. The smallest absolute Gasteiger partial charge is 0.102 e. The molecule has 1 aliphatic rings. The van der Waals surface area contributed by atoms with E-state index >= 15 is 0 Å². The van der Waals surface area contributed by atoms with E-state index in [2.05, 4.69) is 49.5 Å². The van der Waals surface area contributed by atoms with Gasteiger partial charge in [-0.3, -0.25) is 0 Å². The minimum atomic E-state index is 0.315. The Balaban J connectivity index is 1.93. The Kier molecular flexibility index (Phi) is 4.78. The van der Waals surface area contributed by atoms with Gasteiger partial charge in [0.25, 0.3) is 0 Å². The number of ether oxygens (including phenoxy) is 1. The molecule has 3 nitrogen and oxygen atoms in total. The average Bonchev–Trinajstić information content (AvgIpc) is 2.90. The van der Waals surface area contributed by atoms with Crippen molar-refractivity contribution in [3.8, 4) is 0 Å². The minimum absolute atomic E-state index is 0.315. The third-order valence-electron chi connectivity index (χ3n) is 3.90. The lowest BCUT2D eigenvalue weighted by Crippen LogP contribution is -2.16. The lowest BCUT2D eigenvalue weighted by Gasteiger charge is -2.16. The maximum Gasteiger partial charge on any atom is 0.102 e. The zero-order valence-corrected chi connectivity index (χ0v) is 13.5. The minimum Gasteiger partial charge on any atom is -0.377 e. The average molecular weight is 302 g/mol. The molecule has 0 bridgehead atoms. The summed E-state index contributed by atoms with van der Waals surface area (Å²) in [7, 11) is 0. The summed E-state index contributed by atoms with van der Waals surface area (Å²) in [5, 5.41) is 6.30. The Morgan fingerprint density at radius 2 is 2.24 bits per heavy atom. The van der Waals surface area contributed by atoms with Crippen molar-refractivity contribution in [2.75, 3.05) is 13.2 Å². The highest BCUT2D eigenvalue weighted by molar-refractivity contribution is 8.00. The molecule has 1 aromatic carbocycles. The van der Waals surface area contributed by atoms with Crippen LogP contribution in [-0.4, -0.2) is 29.5 Å². The highest BCUT2D eigenvalue weighted by Gasteiger charge is 2.26. The SMILES string of the molecule is CCNCc1cc2ccccc2nc1SC1CCOC1C. The van der Waals surface area contributed by atoms with Crippen LogP contribution in [0.25, 0.3) is 10.9 Å². The van der Waals surface area contributed by atoms with Crippen molar-refractivity contribution in [3.63, 3.8) is 0 Å². The number of nitrogens with zero attached hydrogens (tertiary/aromatic N) is 1. The number of aromatic nitrogens is 1. The van der Waals surface area contributed by atoms with Gasteiger partial charge in [0.15, 0.2) is 0 Å². The highest BCUT2D eigenvalue weighted by atomic mass is 32.2. The largest absolute Gasteiger partial charge is 0.377 e. The van der Waals surface area contributed by atoms with Gasteiger partial charge < -0.3 is 10.1 Å². The molecule has 0 aliphatic carbocycles. The van der Waals surface area contributed by atoms with Crippen LogP contribution in [0.3, 0.4) is 0 Å². The van der Waals surface area contributed by atoms with E-state index in [1.165, 1.54) is 10.9 Å². The fourth-order valence-electron chi connectivity index (χ4n) is 2.64. The van der Waals surface area contributed by atoms with Crippen LogP contribution in [0.1, 0.15) is 25.8 Å². The molecule has 2 atom stereocenters. The second-order valence-electron chi connectivity index (χ2n) is 5.45. The van der Waals surface area contributed by atoms with Crippen LogP contribution in [0.4, 0.5) is 0 Å². The van der Waals surface area contributed by atoms with Crippen LogP contribution >= 0.6 is 11.8 Å². The van der Waals surface area contributed by atoms with Crippen molar-refractivity contribution in [1.29, 1.82) is 0 Å². The van der Waals surface area contributed by atoms with Gasteiger partial charge in [-0.05, 0) is 37.6 Å². The third-order valence-corrected chi connectivity index (χ3v) is 5.40. The second kappa shape index (κ2) is 6.77. The molecule has 1 aromatic heterocycles. The Morgan fingerprint density at radius 1 is 1.38 bits per heavy atom. The molecule has 2 unspecified atom stereocenters. The van der Waals surface area contributed by atoms with Crippen LogP contribution in [0, 0.1) is 0 Å². The van der Waals surface area contributed by atoms with E-state index < -0.39 is 0 Å². The van der Waals surface area contributed by atoms with Gasteiger partial charge in [0.1, 0.15) is 5.03 Å². The predicted octanol–water partition coefficient (Wildman–Crippen LogP) is 3.61. The summed E-state index contributed by atoms with van der Waals surface area (Å²) in [5.41, 5.74) is 2.37. The summed E-state index contributed by atoms with van der Waals surface area (Å²) in [5.74, 6) is 0. The van der Waals surface area contributed by atoms with Crippen LogP contribution in [0.5, 0.6) is 0 Å². The molecule has 0 spiro atoms. The molecule has 0 amide bonds. The predicted molar refractivity (Wildman–Crippen MR) is 88.8 cm³/mol. The number of hydrogen-bond acceptors (Lipinski definition) is 4. The van der Waals surface area contributed by atoms with Crippen molar-refractivity contribution in [2.45, 2.75) is 43.2 Å². The van der Waals surface area contributed by atoms with Crippen LogP contribution in [-0.2, 0) is 11.3 Å². The van der Waals surface area contributed by atoms with Crippen LogP contribution in [0.2, 0.25) is 0 Å². The van der Waals surface area contributed by atoms with Gasteiger partial charge in [0.2, 0.25) is 0 Å². The number of benzene rings is 1. The molecule has 0 saturated carbocycles. The summed E-state index contributed by atoms with van der Waals surface area (Å²) in [4.78, 5) is 4.89. The van der Waals surface area contributed by atoms with Gasteiger partial charge in [-0.15, -0.1) is 0 Å². The first-order valence-corrected chi connectivity index (χ1v) is 8.53.